The Morgan fingerprint density at radius 2 is 2.39 bits per heavy atom. The Morgan fingerprint density at radius 1 is 1.44 bits per heavy atom. The van der Waals surface area contributed by atoms with Gasteiger partial charge in [-0.15, -0.1) is 0 Å². The monoisotopic (exact) mass is 261 g/mol. The van der Waals surface area contributed by atoms with Gasteiger partial charge >= 0.3 is 0 Å². The van der Waals surface area contributed by atoms with Crippen molar-refractivity contribution >= 4 is 17.4 Å². The molecule has 0 saturated carbocycles. The highest BCUT2D eigenvalue weighted by Crippen LogP contribution is 2.28. The minimum absolute atomic E-state index is 0.550. The summed E-state index contributed by atoms with van der Waals surface area (Å²) in [6.07, 6.45) is 6.22. The van der Waals surface area contributed by atoms with E-state index in [1.165, 1.54) is 18.5 Å². The molecule has 3 heterocycles. The Morgan fingerprint density at radius 3 is 3.00 bits per heavy atom. The van der Waals surface area contributed by atoms with Gasteiger partial charge in [0, 0.05) is 11.3 Å². The molecule has 0 aliphatic carbocycles. The third-order valence-electron chi connectivity index (χ3n) is 3.13. The summed E-state index contributed by atoms with van der Waals surface area (Å²) >= 11 is 2.02. The van der Waals surface area contributed by atoms with Gasteiger partial charge in [0.2, 0.25) is 0 Å². The SMILES string of the molecule is CC1SCCC1Nc1ccc(-n2cncn2)nc1. The van der Waals surface area contributed by atoms with E-state index in [0.717, 1.165) is 11.5 Å². The van der Waals surface area contributed by atoms with E-state index in [4.69, 9.17) is 0 Å². The standard InChI is InChI=1S/C12H15N5S/c1-9-11(4-5-18-9)16-10-2-3-12(14-6-10)17-8-13-7-15-17/h2-3,6-9,11,16H,4-5H2,1H3. The van der Waals surface area contributed by atoms with Crippen LogP contribution in [0.25, 0.3) is 5.82 Å². The fraction of sp³-hybridized carbons (Fsp3) is 0.417. The van der Waals surface area contributed by atoms with E-state index in [1.807, 2.05) is 30.1 Å². The average Bonchev–Trinajstić information content (AvgIpc) is 3.03. The Balaban J connectivity index is 1.71. The Bertz CT molecular complexity index is 496. The van der Waals surface area contributed by atoms with Crippen LogP contribution in [0.4, 0.5) is 5.69 Å². The fourth-order valence-corrected chi connectivity index (χ4v) is 3.27. The summed E-state index contributed by atoms with van der Waals surface area (Å²) in [4.78, 5) is 8.29. The van der Waals surface area contributed by atoms with Crippen molar-refractivity contribution in [3.8, 4) is 5.82 Å². The minimum atomic E-state index is 0.550. The molecular formula is C12H15N5S. The van der Waals surface area contributed by atoms with Gasteiger partial charge in [0.15, 0.2) is 5.82 Å². The number of nitrogens with one attached hydrogen (secondary N) is 1. The third-order valence-corrected chi connectivity index (χ3v) is 4.46. The highest BCUT2D eigenvalue weighted by Gasteiger charge is 2.23. The van der Waals surface area contributed by atoms with Crippen LogP contribution in [0.5, 0.6) is 0 Å². The summed E-state index contributed by atoms with van der Waals surface area (Å²) in [5.74, 6) is 2.02. The molecule has 0 amide bonds. The van der Waals surface area contributed by atoms with Crippen LogP contribution >= 0.6 is 11.8 Å². The summed E-state index contributed by atoms with van der Waals surface area (Å²) in [5, 5.41) is 8.25. The summed E-state index contributed by atoms with van der Waals surface area (Å²) in [6.45, 7) is 2.27. The molecule has 6 heteroatoms. The molecule has 94 valence electrons. The molecule has 0 bridgehead atoms. The molecule has 1 aliphatic rings. The maximum absolute atomic E-state index is 4.38. The normalized spacial score (nSPS) is 23.2. The van der Waals surface area contributed by atoms with Crippen molar-refractivity contribution in [2.45, 2.75) is 24.6 Å². The van der Waals surface area contributed by atoms with E-state index < -0.39 is 0 Å². The lowest BCUT2D eigenvalue weighted by Gasteiger charge is -2.17. The van der Waals surface area contributed by atoms with Crippen LogP contribution in [0, 0.1) is 0 Å². The maximum Gasteiger partial charge on any atom is 0.155 e. The molecule has 5 nitrogen and oxygen atoms in total. The van der Waals surface area contributed by atoms with Crippen molar-refractivity contribution in [1.82, 2.24) is 19.7 Å². The number of aromatic nitrogens is 4. The number of pyridine rings is 1. The highest BCUT2D eigenvalue weighted by molar-refractivity contribution is 8.00. The summed E-state index contributed by atoms with van der Waals surface area (Å²) in [6, 6.07) is 4.54. The lowest BCUT2D eigenvalue weighted by Crippen LogP contribution is -2.24. The molecule has 3 rings (SSSR count). The molecule has 0 spiro atoms. The van der Waals surface area contributed by atoms with Crippen molar-refractivity contribution in [3.05, 3.63) is 31.0 Å². The van der Waals surface area contributed by atoms with E-state index >= 15 is 0 Å². The maximum atomic E-state index is 4.38. The van der Waals surface area contributed by atoms with Gasteiger partial charge in [0.05, 0.1) is 11.9 Å². The first-order valence-corrected chi connectivity index (χ1v) is 7.07. The fourth-order valence-electron chi connectivity index (χ4n) is 2.07. The molecule has 1 saturated heterocycles. The van der Waals surface area contributed by atoms with Crippen LogP contribution in [0.3, 0.4) is 0 Å². The van der Waals surface area contributed by atoms with Gasteiger partial charge in [-0.05, 0) is 24.3 Å². The predicted molar refractivity (Wildman–Crippen MR) is 73.1 cm³/mol. The second-order valence-corrected chi connectivity index (χ2v) is 5.85. The molecule has 1 fully saturated rings. The molecule has 2 aromatic rings. The van der Waals surface area contributed by atoms with Gasteiger partial charge in [0.1, 0.15) is 12.7 Å². The van der Waals surface area contributed by atoms with Crippen LogP contribution in [0.15, 0.2) is 31.0 Å². The number of anilines is 1. The number of nitrogens with zero attached hydrogens (tertiary/aromatic N) is 4. The molecule has 2 atom stereocenters. The molecule has 1 aliphatic heterocycles. The lowest BCUT2D eigenvalue weighted by molar-refractivity contribution is 0.723. The third kappa shape index (κ3) is 2.33. The van der Waals surface area contributed by atoms with Gasteiger partial charge in [0.25, 0.3) is 0 Å². The molecule has 1 N–H and O–H groups in total. The highest BCUT2D eigenvalue weighted by atomic mass is 32.2. The molecular weight excluding hydrogens is 246 g/mol. The van der Waals surface area contributed by atoms with Crippen LogP contribution in [-0.4, -0.2) is 36.8 Å². The van der Waals surface area contributed by atoms with Crippen molar-refractivity contribution in [3.63, 3.8) is 0 Å². The largest absolute Gasteiger partial charge is 0.380 e. The van der Waals surface area contributed by atoms with Gasteiger partial charge in [-0.3, -0.25) is 0 Å². The zero-order valence-electron chi connectivity index (χ0n) is 10.2. The van der Waals surface area contributed by atoms with Crippen molar-refractivity contribution < 1.29 is 0 Å². The number of hydrogen-bond donors (Lipinski definition) is 1. The van der Waals surface area contributed by atoms with Crippen LogP contribution in [0.2, 0.25) is 0 Å². The minimum Gasteiger partial charge on any atom is -0.380 e. The summed E-state index contributed by atoms with van der Waals surface area (Å²) < 4.78 is 1.65. The van der Waals surface area contributed by atoms with Crippen LogP contribution < -0.4 is 5.32 Å². The zero-order chi connectivity index (χ0) is 12.4. The van der Waals surface area contributed by atoms with E-state index in [9.17, 15) is 0 Å². The van der Waals surface area contributed by atoms with Gasteiger partial charge in [-0.2, -0.15) is 16.9 Å². The first-order valence-electron chi connectivity index (χ1n) is 6.02. The van der Waals surface area contributed by atoms with Gasteiger partial charge in [-0.25, -0.2) is 14.6 Å². The van der Waals surface area contributed by atoms with Crippen LogP contribution in [-0.2, 0) is 0 Å². The van der Waals surface area contributed by atoms with Gasteiger partial charge < -0.3 is 5.32 Å². The quantitative estimate of drug-likeness (QED) is 0.915. The zero-order valence-corrected chi connectivity index (χ0v) is 11.0. The average molecular weight is 261 g/mol. The second-order valence-electron chi connectivity index (χ2n) is 4.36. The molecule has 0 radical (unpaired) electrons. The van der Waals surface area contributed by atoms with E-state index in [0.29, 0.717) is 11.3 Å². The smallest absolute Gasteiger partial charge is 0.155 e. The summed E-state index contributed by atoms with van der Waals surface area (Å²) in [7, 11) is 0. The Labute approximate surface area is 110 Å². The first-order chi connectivity index (χ1) is 8.83. The summed E-state index contributed by atoms with van der Waals surface area (Å²) in [5.41, 5.74) is 1.07. The first kappa shape index (κ1) is 11.5. The number of hydrogen-bond acceptors (Lipinski definition) is 5. The topological polar surface area (TPSA) is 55.6 Å². The van der Waals surface area contributed by atoms with Crippen molar-refractivity contribution in [2.75, 3.05) is 11.1 Å². The Kier molecular flexibility index (Phi) is 3.19. The van der Waals surface area contributed by atoms with Crippen molar-refractivity contribution in [2.24, 2.45) is 0 Å². The molecule has 2 unspecified atom stereocenters. The van der Waals surface area contributed by atoms with E-state index in [2.05, 4.69) is 27.3 Å². The van der Waals surface area contributed by atoms with E-state index in [1.54, 1.807) is 11.0 Å². The molecule has 2 aromatic heterocycles. The lowest BCUT2D eigenvalue weighted by atomic mass is 10.1. The molecule has 18 heavy (non-hydrogen) atoms. The number of rotatable bonds is 3. The number of thioether (sulfide) groups is 1. The second kappa shape index (κ2) is 4.97. The predicted octanol–water partition coefficient (Wildman–Crippen LogP) is 1.97. The van der Waals surface area contributed by atoms with Gasteiger partial charge in [-0.1, -0.05) is 6.92 Å². The Hall–Kier alpha value is -1.56. The molecule has 0 aromatic carbocycles. The van der Waals surface area contributed by atoms with Crippen LogP contribution in [0.1, 0.15) is 13.3 Å². The van der Waals surface area contributed by atoms with E-state index in [-0.39, 0.29) is 0 Å². The van der Waals surface area contributed by atoms with Crippen molar-refractivity contribution in [1.29, 1.82) is 0 Å².